The molecule has 2 rings (SSSR count). The fourth-order valence-electron chi connectivity index (χ4n) is 3.06. The number of hydrogen-bond donors (Lipinski definition) is 1. The van der Waals surface area contributed by atoms with Crippen molar-refractivity contribution in [2.45, 2.75) is 37.8 Å². The quantitative estimate of drug-likeness (QED) is 0.861. The van der Waals surface area contributed by atoms with Gasteiger partial charge in [0.25, 0.3) is 0 Å². The van der Waals surface area contributed by atoms with Gasteiger partial charge in [-0.1, -0.05) is 29.3 Å². The molecular weight excluding hydrogens is 309 g/mol. The van der Waals surface area contributed by atoms with Gasteiger partial charge in [0.2, 0.25) is 0 Å². The Hall–Kier alpha value is -0.320. The fraction of sp³-hybridized carbons (Fsp3) is 0.625. The summed E-state index contributed by atoms with van der Waals surface area (Å²) in [6.45, 7) is 4.23. The maximum Gasteiger partial charge on any atom is 0.0881 e. The highest BCUT2D eigenvalue weighted by molar-refractivity contribution is 6.35. The average molecular weight is 332 g/mol. The van der Waals surface area contributed by atoms with E-state index < -0.39 is 0 Å². The zero-order valence-electron chi connectivity index (χ0n) is 12.6. The van der Waals surface area contributed by atoms with Gasteiger partial charge >= 0.3 is 0 Å². The lowest BCUT2D eigenvalue weighted by atomic mass is 9.82. The number of ether oxygens (including phenoxy) is 2. The van der Waals surface area contributed by atoms with Gasteiger partial charge in [-0.25, -0.2) is 0 Å². The third-order valence-corrected chi connectivity index (χ3v) is 4.78. The van der Waals surface area contributed by atoms with Gasteiger partial charge in [-0.05, 0) is 38.1 Å². The molecule has 0 spiro atoms. The van der Waals surface area contributed by atoms with E-state index in [1.165, 1.54) is 0 Å². The summed E-state index contributed by atoms with van der Waals surface area (Å²) in [6.07, 6.45) is 2.61. The summed E-state index contributed by atoms with van der Waals surface area (Å²) >= 11 is 12.3. The third kappa shape index (κ3) is 4.11. The zero-order chi connectivity index (χ0) is 15.3. The molecule has 1 atom stereocenters. The monoisotopic (exact) mass is 331 g/mol. The first-order valence-corrected chi connectivity index (χ1v) is 8.20. The minimum atomic E-state index is -0.190. The van der Waals surface area contributed by atoms with E-state index >= 15 is 0 Å². The Kier molecular flexibility index (Phi) is 6.33. The molecule has 1 aliphatic rings. The molecular formula is C16H23Cl2NO2. The Morgan fingerprint density at radius 2 is 2.05 bits per heavy atom. The van der Waals surface area contributed by atoms with E-state index in [0.29, 0.717) is 16.7 Å². The summed E-state index contributed by atoms with van der Waals surface area (Å²) in [6, 6.07) is 5.86. The van der Waals surface area contributed by atoms with Crippen molar-refractivity contribution in [2.75, 3.05) is 26.9 Å². The van der Waals surface area contributed by atoms with Crippen LogP contribution in [0, 0.1) is 0 Å². The molecule has 1 aromatic carbocycles. The Bertz CT molecular complexity index is 456. The van der Waals surface area contributed by atoms with Crippen molar-refractivity contribution in [2.24, 2.45) is 0 Å². The number of benzene rings is 1. The fourth-order valence-corrected chi connectivity index (χ4v) is 3.54. The molecule has 0 amide bonds. The van der Waals surface area contributed by atoms with E-state index in [4.69, 9.17) is 32.7 Å². The van der Waals surface area contributed by atoms with Crippen LogP contribution in [0.15, 0.2) is 18.2 Å². The number of nitrogens with one attached hydrogen (secondary N) is 1. The second-order valence-corrected chi connectivity index (χ2v) is 6.23. The van der Waals surface area contributed by atoms with E-state index in [2.05, 4.69) is 5.32 Å². The normalized spacial score (nSPS) is 19.4. The van der Waals surface area contributed by atoms with Crippen molar-refractivity contribution >= 4 is 23.2 Å². The van der Waals surface area contributed by atoms with E-state index in [1.54, 1.807) is 6.07 Å². The van der Waals surface area contributed by atoms with E-state index in [1.807, 2.05) is 26.1 Å². The highest BCUT2D eigenvalue weighted by Gasteiger charge is 2.40. The van der Waals surface area contributed by atoms with Gasteiger partial charge in [0.1, 0.15) is 0 Å². The van der Waals surface area contributed by atoms with Gasteiger partial charge in [-0.3, -0.25) is 0 Å². The molecule has 1 aromatic rings. The van der Waals surface area contributed by atoms with Crippen LogP contribution >= 0.6 is 23.2 Å². The van der Waals surface area contributed by atoms with Crippen LogP contribution in [0.25, 0.3) is 0 Å². The van der Waals surface area contributed by atoms with Gasteiger partial charge < -0.3 is 14.8 Å². The highest BCUT2D eigenvalue weighted by atomic mass is 35.5. The van der Waals surface area contributed by atoms with E-state index in [0.717, 1.165) is 38.0 Å². The molecule has 1 fully saturated rings. The SMILES string of the molecule is CCOC1(C(Cc2ccc(Cl)cc2Cl)NC)CCOCC1. The number of rotatable bonds is 6. The zero-order valence-corrected chi connectivity index (χ0v) is 14.1. The second-order valence-electron chi connectivity index (χ2n) is 5.39. The first-order chi connectivity index (χ1) is 10.1. The van der Waals surface area contributed by atoms with Gasteiger partial charge in [0.05, 0.1) is 5.60 Å². The van der Waals surface area contributed by atoms with Gasteiger partial charge in [0, 0.05) is 48.7 Å². The molecule has 0 aliphatic carbocycles. The lowest BCUT2D eigenvalue weighted by Gasteiger charge is -2.43. The molecule has 1 unspecified atom stereocenters. The molecule has 1 aliphatic heterocycles. The first-order valence-electron chi connectivity index (χ1n) is 7.44. The van der Waals surface area contributed by atoms with Crippen LogP contribution in [-0.4, -0.2) is 38.5 Å². The number of halogens is 2. The topological polar surface area (TPSA) is 30.5 Å². The van der Waals surface area contributed by atoms with Crippen molar-refractivity contribution in [1.82, 2.24) is 5.32 Å². The van der Waals surface area contributed by atoms with Crippen LogP contribution in [0.1, 0.15) is 25.3 Å². The maximum atomic E-state index is 6.31. The Labute approximate surface area is 136 Å². The number of hydrogen-bond acceptors (Lipinski definition) is 3. The van der Waals surface area contributed by atoms with Crippen LogP contribution in [-0.2, 0) is 15.9 Å². The Morgan fingerprint density at radius 1 is 1.33 bits per heavy atom. The van der Waals surface area contributed by atoms with E-state index in [-0.39, 0.29) is 11.6 Å². The maximum absolute atomic E-state index is 6.31. The molecule has 0 bridgehead atoms. The van der Waals surface area contributed by atoms with Gasteiger partial charge in [0.15, 0.2) is 0 Å². The summed E-state index contributed by atoms with van der Waals surface area (Å²) in [5.41, 5.74) is 0.899. The molecule has 1 saturated heterocycles. The van der Waals surface area contributed by atoms with Crippen molar-refractivity contribution < 1.29 is 9.47 Å². The molecule has 5 heteroatoms. The molecule has 21 heavy (non-hydrogen) atoms. The summed E-state index contributed by atoms with van der Waals surface area (Å²) in [4.78, 5) is 0. The van der Waals surface area contributed by atoms with Crippen molar-refractivity contribution in [3.8, 4) is 0 Å². The summed E-state index contributed by atoms with van der Waals surface area (Å²) in [5.74, 6) is 0. The molecule has 1 N–H and O–H groups in total. The molecule has 1 heterocycles. The van der Waals surface area contributed by atoms with Gasteiger partial charge in [-0.15, -0.1) is 0 Å². The molecule has 0 radical (unpaired) electrons. The third-order valence-electron chi connectivity index (χ3n) is 4.19. The highest BCUT2D eigenvalue weighted by Crippen LogP contribution is 2.32. The van der Waals surface area contributed by atoms with Crippen LogP contribution in [0.5, 0.6) is 0 Å². The molecule has 3 nitrogen and oxygen atoms in total. The smallest absolute Gasteiger partial charge is 0.0881 e. The molecule has 118 valence electrons. The molecule has 0 saturated carbocycles. The van der Waals surface area contributed by atoms with Crippen LogP contribution < -0.4 is 5.32 Å². The van der Waals surface area contributed by atoms with Crippen molar-refractivity contribution in [3.63, 3.8) is 0 Å². The Morgan fingerprint density at radius 3 is 2.62 bits per heavy atom. The lowest BCUT2D eigenvalue weighted by Crippen LogP contribution is -2.55. The summed E-state index contributed by atoms with van der Waals surface area (Å²) < 4.78 is 11.7. The first kappa shape index (κ1) is 17.0. The van der Waals surface area contributed by atoms with Crippen molar-refractivity contribution in [3.05, 3.63) is 33.8 Å². The predicted octanol–water partition coefficient (Wildman–Crippen LogP) is 3.71. The predicted molar refractivity (Wildman–Crippen MR) is 87.4 cm³/mol. The van der Waals surface area contributed by atoms with Crippen molar-refractivity contribution in [1.29, 1.82) is 0 Å². The second kappa shape index (κ2) is 7.80. The van der Waals surface area contributed by atoms with Gasteiger partial charge in [-0.2, -0.15) is 0 Å². The largest absolute Gasteiger partial charge is 0.381 e. The number of likely N-dealkylation sites (N-methyl/N-ethyl adjacent to an activating group) is 1. The minimum absolute atomic E-state index is 0.190. The lowest BCUT2D eigenvalue weighted by molar-refractivity contribution is -0.125. The summed E-state index contributed by atoms with van der Waals surface area (Å²) in [5, 5.41) is 4.79. The van der Waals surface area contributed by atoms with E-state index in [9.17, 15) is 0 Å². The van der Waals surface area contributed by atoms with Crippen LogP contribution in [0.2, 0.25) is 10.0 Å². The summed E-state index contributed by atoms with van der Waals surface area (Å²) in [7, 11) is 1.98. The van der Waals surface area contributed by atoms with Crippen LogP contribution in [0.3, 0.4) is 0 Å². The average Bonchev–Trinajstić information content (AvgIpc) is 2.47. The minimum Gasteiger partial charge on any atom is -0.381 e. The standard InChI is InChI=1S/C16H23Cl2NO2/c1-3-21-16(6-8-20-9-7-16)15(19-2)10-12-4-5-13(17)11-14(12)18/h4-5,11,15,19H,3,6-10H2,1-2H3. The molecule has 0 aromatic heterocycles. The Balaban J connectivity index is 2.20. The van der Waals surface area contributed by atoms with Crippen LogP contribution in [0.4, 0.5) is 0 Å².